The van der Waals surface area contributed by atoms with Gasteiger partial charge in [-0.15, -0.1) is 0 Å². The van der Waals surface area contributed by atoms with Crippen molar-refractivity contribution in [1.29, 1.82) is 0 Å². The van der Waals surface area contributed by atoms with E-state index < -0.39 is 5.41 Å². The summed E-state index contributed by atoms with van der Waals surface area (Å²) in [5.41, 5.74) is 12.1. The fourth-order valence-electron chi connectivity index (χ4n) is 8.25. The van der Waals surface area contributed by atoms with Gasteiger partial charge in [-0.3, -0.25) is 0 Å². The Labute approximate surface area is 264 Å². The highest BCUT2D eigenvalue weighted by atomic mass is 16.5. The molecule has 0 saturated carbocycles. The first-order valence-electron chi connectivity index (χ1n) is 15.8. The monoisotopic (exact) mass is 576 g/mol. The van der Waals surface area contributed by atoms with Crippen LogP contribution >= 0.6 is 0 Å². The van der Waals surface area contributed by atoms with Crippen molar-refractivity contribution in [3.05, 3.63) is 191 Å². The van der Waals surface area contributed by atoms with Crippen molar-refractivity contribution in [3.8, 4) is 33.8 Å². The summed E-state index contributed by atoms with van der Waals surface area (Å²) in [7, 11) is 0. The minimum absolute atomic E-state index is 0.199. The van der Waals surface area contributed by atoms with Gasteiger partial charge in [-0.1, -0.05) is 159 Å². The molecule has 0 bridgehead atoms. The summed E-state index contributed by atoms with van der Waals surface area (Å²) in [6, 6.07) is 57.7. The normalized spacial score (nSPS) is 17.1. The van der Waals surface area contributed by atoms with Gasteiger partial charge in [0.05, 0.1) is 5.41 Å². The van der Waals surface area contributed by atoms with Crippen molar-refractivity contribution in [3.63, 3.8) is 0 Å². The number of para-hydroxylation sites is 1. The molecule has 45 heavy (non-hydrogen) atoms. The maximum Gasteiger partial charge on any atom is 0.132 e. The fraction of sp³-hybridized carbons (Fsp3) is 0.0909. The van der Waals surface area contributed by atoms with Gasteiger partial charge in [0.1, 0.15) is 11.5 Å². The standard InChI is InChI=1S/C44H32O/c1-43(2)37-20-10-11-21-39(37)45-40-22-12-18-34(42(40)43)30-23-26-32(27-24-30)44(31-14-4-3-5-15-31)36-19-9-8-17-35(36)41-33-16-7-6-13-29(33)25-28-38(41)44/h3-28H,1-2H3. The lowest BCUT2D eigenvalue weighted by Gasteiger charge is -2.36. The predicted molar refractivity (Wildman–Crippen MR) is 185 cm³/mol. The summed E-state index contributed by atoms with van der Waals surface area (Å²) in [5, 5.41) is 2.57. The van der Waals surface area contributed by atoms with Gasteiger partial charge >= 0.3 is 0 Å². The molecule has 0 aromatic heterocycles. The van der Waals surface area contributed by atoms with Gasteiger partial charge < -0.3 is 4.74 Å². The molecule has 0 saturated heterocycles. The van der Waals surface area contributed by atoms with Crippen molar-refractivity contribution in [2.75, 3.05) is 0 Å². The molecular formula is C44H32O. The lowest BCUT2D eigenvalue weighted by molar-refractivity contribution is 0.419. The Bertz CT molecular complexity index is 2260. The molecule has 214 valence electrons. The molecule has 1 nitrogen and oxygen atoms in total. The SMILES string of the molecule is CC1(C)c2ccccc2Oc2cccc(-c3ccc(C4(c5ccccc5)c5ccccc5-c5c4ccc4ccccc54)cc3)c21. The summed E-state index contributed by atoms with van der Waals surface area (Å²) in [6.45, 7) is 4.62. The van der Waals surface area contributed by atoms with Crippen LogP contribution in [0.25, 0.3) is 33.0 Å². The zero-order valence-electron chi connectivity index (χ0n) is 25.4. The van der Waals surface area contributed by atoms with Crippen LogP contribution in [-0.4, -0.2) is 0 Å². The molecule has 1 aliphatic heterocycles. The van der Waals surface area contributed by atoms with Crippen molar-refractivity contribution < 1.29 is 4.74 Å². The van der Waals surface area contributed by atoms with Gasteiger partial charge in [-0.05, 0) is 67.4 Å². The molecule has 7 aromatic rings. The van der Waals surface area contributed by atoms with Gasteiger partial charge in [0.2, 0.25) is 0 Å². The Kier molecular flexibility index (Phi) is 5.53. The maximum atomic E-state index is 6.47. The third-order valence-corrected chi connectivity index (χ3v) is 10.2. The number of rotatable bonds is 3. The first-order chi connectivity index (χ1) is 22.1. The number of hydrogen-bond donors (Lipinski definition) is 0. The van der Waals surface area contributed by atoms with Crippen LogP contribution < -0.4 is 4.74 Å². The average Bonchev–Trinajstić information content (AvgIpc) is 3.40. The highest BCUT2D eigenvalue weighted by Crippen LogP contribution is 2.58. The lowest BCUT2D eigenvalue weighted by Crippen LogP contribution is -2.28. The Morgan fingerprint density at radius 3 is 1.93 bits per heavy atom. The number of ether oxygens (including phenoxy) is 1. The van der Waals surface area contributed by atoms with Crippen LogP contribution in [0, 0.1) is 0 Å². The largest absolute Gasteiger partial charge is 0.457 e. The quantitative estimate of drug-likeness (QED) is 0.203. The van der Waals surface area contributed by atoms with Gasteiger partial charge in [-0.25, -0.2) is 0 Å². The number of benzene rings is 7. The van der Waals surface area contributed by atoms with E-state index in [-0.39, 0.29) is 5.41 Å². The van der Waals surface area contributed by atoms with E-state index in [0.717, 1.165) is 11.5 Å². The molecule has 0 radical (unpaired) electrons. The van der Waals surface area contributed by atoms with E-state index in [9.17, 15) is 0 Å². The van der Waals surface area contributed by atoms with Crippen LogP contribution in [0.1, 0.15) is 47.2 Å². The zero-order chi connectivity index (χ0) is 30.2. The van der Waals surface area contributed by atoms with E-state index in [1.54, 1.807) is 0 Å². The van der Waals surface area contributed by atoms with Crippen LogP contribution in [0.2, 0.25) is 0 Å². The minimum atomic E-state index is -0.437. The highest BCUT2D eigenvalue weighted by Gasteiger charge is 2.46. The molecule has 9 rings (SSSR count). The summed E-state index contributed by atoms with van der Waals surface area (Å²) in [6.07, 6.45) is 0. The first-order valence-corrected chi connectivity index (χ1v) is 15.8. The van der Waals surface area contributed by atoms with Crippen molar-refractivity contribution in [2.45, 2.75) is 24.7 Å². The Morgan fingerprint density at radius 2 is 1.09 bits per heavy atom. The van der Waals surface area contributed by atoms with Gasteiger partial charge in [0, 0.05) is 16.5 Å². The zero-order valence-corrected chi connectivity index (χ0v) is 25.4. The van der Waals surface area contributed by atoms with E-state index in [1.807, 2.05) is 6.07 Å². The molecule has 1 atom stereocenters. The molecule has 2 aliphatic rings. The van der Waals surface area contributed by atoms with Gasteiger partial charge in [0.15, 0.2) is 0 Å². The molecule has 7 aromatic carbocycles. The summed E-state index contributed by atoms with van der Waals surface area (Å²) in [4.78, 5) is 0. The van der Waals surface area contributed by atoms with Crippen LogP contribution in [0.15, 0.2) is 158 Å². The Morgan fingerprint density at radius 1 is 0.444 bits per heavy atom. The van der Waals surface area contributed by atoms with E-state index in [1.165, 1.54) is 66.4 Å². The molecule has 1 aliphatic carbocycles. The number of fused-ring (bicyclic) bond motifs is 7. The third-order valence-electron chi connectivity index (χ3n) is 10.2. The molecule has 0 spiro atoms. The van der Waals surface area contributed by atoms with Crippen LogP contribution in [-0.2, 0) is 10.8 Å². The molecule has 1 unspecified atom stereocenters. The van der Waals surface area contributed by atoms with E-state index >= 15 is 0 Å². The molecule has 0 amide bonds. The Balaban J connectivity index is 1.27. The lowest BCUT2D eigenvalue weighted by atomic mass is 9.67. The van der Waals surface area contributed by atoms with Crippen LogP contribution in [0.3, 0.4) is 0 Å². The van der Waals surface area contributed by atoms with Crippen LogP contribution in [0.5, 0.6) is 11.5 Å². The first kappa shape index (κ1) is 26.0. The Hall–Kier alpha value is -5.40. The van der Waals surface area contributed by atoms with E-state index in [4.69, 9.17) is 4.74 Å². The second kappa shape index (κ2) is 9.55. The fourth-order valence-corrected chi connectivity index (χ4v) is 8.25. The second-order valence-electron chi connectivity index (χ2n) is 12.9. The third kappa shape index (κ3) is 3.56. The van der Waals surface area contributed by atoms with E-state index in [2.05, 4.69) is 166 Å². The number of hydrogen-bond acceptors (Lipinski definition) is 1. The molecule has 0 fully saturated rings. The molecule has 0 N–H and O–H groups in total. The smallest absolute Gasteiger partial charge is 0.132 e. The summed E-state index contributed by atoms with van der Waals surface area (Å²) in [5.74, 6) is 1.88. The van der Waals surface area contributed by atoms with Gasteiger partial charge in [-0.2, -0.15) is 0 Å². The predicted octanol–water partition coefficient (Wildman–Crippen LogP) is 11.3. The molecular weight excluding hydrogens is 544 g/mol. The average molecular weight is 577 g/mol. The molecule has 1 heterocycles. The van der Waals surface area contributed by atoms with Crippen molar-refractivity contribution >= 4 is 10.8 Å². The summed E-state index contributed by atoms with van der Waals surface area (Å²) < 4.78 is 6.47. The summed E-state index contributed by atoms with van der Waals surface area (Å²) >= 11 is 0. The van der Waals surface area contributed by atoms with Gasteiger partial charge in [0.25, 0.3) is 0 Å². The molecule has 1 heteroatoms. The maximum absolute atomic E-state index is 6.47. The topological polar surface area (TPSA) is 9.23 Å². The van der Waals surface area contributed by atoms with E-state index in [0.29, 0.717) is 0 Å². The second-order valence-corrected chi connectivity index (χ2v) is 12.9. The van der Waals surface area contributed by atoms with Crippen molar-refractivity contribution in [2.24, 2.45) is 0 Å². The van der Waals surface area contributed by atoms with Crippen LogP contribution in [0.4, 0.5) is 0 Å². The highest BCUT2D eigenvalue weighted by molar-refractivity contribution is 6.04. The van der Waals surface area contributed by atoms with Crippen molar-refractivity contribution in [1.82, 2.24) is 0 Å². The minimum Gasteiger partial charge on any atom is -0.457 e.